The van der Waals surface area contributed by atoms with Crippen molar-refractivity contribution in [3.8, 4) is 0 Å². The van der Waals surface area contributed by atoms with Crippen molar-refractivity contribution in [1.82, 2.24) is 5.32 Å². The molecule has 0 radical (unpaired) electrons. The summed E-state index contributed by atoms with van der Waals surface area (Å²) in [6.45, 7) is 3.76. The first-order chi connectivity index (χ1) is 6.36. The second kappa shape index (κ2) is 5.35. The molecule has 1 fully saturated rings. The Hall–Kier alpha value is -0.570. The maximum Gasteiger partial charge on any atom is 0.0662 e. The van der Waals surface area contributed by atoms with Crippen molar-refractivity contribution in [2.24, 2.45) is 0 Å². The van der Waals surface area contributed by atoms with Gasteiger partial charge in [0.05, 0.1) is 19.3 Å². The summed E-state index contributed by atoms with van der Waals surface area (Å²) >= 11 is 0. The quantitative estimate of drug-likeness (QED) is 0.772. The lowest BCUT2D eigenvalue weighted by Gasteiger charge is -2.29. The van der Waals surface area contributed by atoms with Crippen molar-refractivity contribution < 1.29 is 4.74 Å². The van der Waals surface area contributed by atoms with Crippen LogP contribution >= 0.6 is 12.4 Å². The summed E-state index contributed by atoms with van der Waals surface area (Å²) in [7, 11) is 0. The van der Waals surface area contributed by atoms with Crippen molar-refractivity contribution in [1.29, 1.82) is 0 Å². The summed E-state index contributed by atoms with van der Waals surface area (Å²) in [4.78, 5) is 0. The molecule has 1 aliphatic rings. The first kappa shape index (κ1) is 11.5. The number of ether oxygens (including phenoxy) is 1. The highest BCUT2D eigenvalue weighted by atomic mass is 35.5. The van der Waals surface area contributed by atoms with Crippen LogP contribution in [-0.2, 0) is 4.74 Å². The molecule has 0 unspecified atom stereocenters. The fraction of sp³-hybridized carbons (Fsp3) is 0.455. The molecule has 2 nitrogen and oxygen atoms in total. The zero-order valence-electron chi connectivity index (χ0n) is 8.27. The SMILES string of the molecule is C[C@H]1COC[C@@H](c2ccccc2)N1.Cl. The van der Waals surface area contributed by atoms with E-state index in [4.69, 9.17) is 4.74 Å². The van der Waals surface area contributed by atoms with Gasteiger partial charge in [0.1, 0.15) is 0 Å². The number of rotatable bonds is 1. The van der Waals surface area contributed by atoms with Crippen molar-refractivity contribution in [2.45, 2.75) is 19.0 Å². The third-order valence-electron chi connectivity index (χ3n) is 2.34. The topological polar surface area (TPSA) is 21.3 Å². The molecule has 1 aromatic rings. The smallest absolute Gasteiger partial charge is 0.0662 e. The molecule has 1 heterocycles. The Balaban J connectivity index is 0.000000980. The molecule has 0 bridgehead atoms. The van der Waals surface area contributed by atoms with E-state index in [-0.39, 0.29) is 12.4 Å². The minimum absolute atomic E-state index is 0. The van der Waals surface area contributed by atoms with Gasteiger partial charge in [-0.1, -0.05) is 30.3 Å². The second-order valence-corrected chi connectivity index (χ2v) is 3.57. The normalized spacial score (nSPS) is 26.6. The van der Waals surface area contributed by atoms with E-state index in [1.165, 1.54) is 5.56 Å². The van der Waals surface area contributed by atoms with Crippen LogP contribution in [0.25, 0.3) is 0 Å². The van der Waals surface area contributed by atoms with Crippen molar-refractivity contribution in [3.05, 3.63) is 35.9 Å². The summed E-state index contributed by atoms with van der Waals surface area (Å²) in [5, 5.41) is 3.51. The lowest BCUT2D eigenvalue weighted by atomic mass is 10.1. The predicted molar refractivity (Wildman–Crippen MR) is 59.8 cm³/mol. The van der Waals surface area contributed by atoms with Gasteiger partial charge in [-0.15, -0.1) is 12.4 Å². The van der Waals surface area contributed by atoms with Crippen LogP contribution in [0.15, 0.2) is 30.3 Å². The number of halogens is 1. The van der Waals surface area contributed by atoms with Crippen LogP contribution in [0.2, 0.25) is 0 Å². The van der Waals surface area contributed by atoms with Crippen molar-refractivity contribution >= 4 is 12.4 Å². The highest BCUT2D eigenvalue weighted by Crippen LogP contribution is 2.16. The predicted octanol–water partition coefficient (Wildman–Crippen LogP) is 2.16. The lowest BCUT2D eigenvalue weighted by Crippen LogP contribution is -2.41. The van der Waals surface area contributed by atoms with Crippen LogP contribution in [0.5, 0.6) is 0 Å². The first-order valence-corrected chi connectivity index (χ1v) is 4.75. The van der Waals surface area contributed by atoms with Crippen LogP contribution in [0.1, 0.15) is 18.5 Å². The fourth-order valence-electron chi connectivity index (χ4n) is 1.68. The fourth-order valence-corrected chi connectivity index (χ4v) is 1.68. The van der Waals surface area contributed by atoms with Crippen LogP contribution in [0.4, 0.5) is 0 Å². The third kappa shape index (κ3) is 2.71. The van der Waals surface area contributed by atoms with Gasteiger partial charge in [0.15, 0.2) is 0 Å². The molecule has 1 N–H and O–H groups in total. The Morgan fingerprint density at radius 3 is 2.57 bits per heavy atom. The monoisotopic (exact) mass is 213 g/mol. The summed E-state index contributed by atoms with van der Waals surface area (Å²) in [5.41, 5.74) is 1.31. The number of hydrogen-bond acceptors (Lipinski definition) is 2. The maximum atomic E-state index is 5.49. The molecule has 0 amide bonds. The summed E-state index contributed by atoms with van der Waals surface area (Å²) in [6, 6.07) is 11.3. The third-order valence-corrected chi connectivity index (χ3v) is 2.34. The Labute approximate surface area is 91.1 Å². The summed E-state index contributed by atoms with van der Waals surface area (Å²) < 4.78 is 5.49. The minimum atomic E-state index is 0. The van der Waals surface area contributed by atoms with Gasteiger partial charge in [-0.3, -0.25) is 0 Å². The largest absolute Gasteiger partial charge is 0.378 e. The molecular weight excluding hydrogens is 198 g/mol. The van der Waals surface area contributed by atoms with Gasteiger partial charge < -0.3 is 10.1 Å². The lowest BCUT2D eigenvalue weighted by molar-refractivity contribution is 0.0504. The van der Waals surface area contributed by atoms with E-state index in [9.17, 15) is 0 Å². The molecule has 0 aromatic heterocycles. The Morgan fingerprint density at radius 1 is 1.21 bits per heavy atom. The molecule has 0 spiro atoms. The maximum absolute atomic E-state index is 5.49. The molecule has 1 aliphatic heterocycles. The van der Waals surface area contributed by atoms with Crippen LogP contribution in [0.3, 0.4) is 0 Å². The van der Waals surface area contributed by atoms with Gasteiger partial charge in [0, 0.05) is 6.04 Å². The molecule has 14 heavy (non-hydrogen) atoms. The van der Waals surface area contributed by atoms with E-state index in [0.29, 0.717) is 12.1 Å². The van der Waals surface area contributed by atoms with Gasteiger partial charge in [-0.25, -0.2) is 0 Å². The van der Waals surface area contributed by atoms with Crippen LogP contribution < -0.4 is 5.32 Å². The zero-order chi connectivity index (χ0) is 9.10. The Kier molecular flexibility index (Phi) is 4.39. The van der Waals surface area contributed by atoms with E-state index >= 15 is 0 Å². The van der Waals surface area contributed by atoms with Crippen molar-refractivity contribution in [3.63, 3.8) is 0 Å². The molecule has 2 rings (SSSR count). The van der Waals surface area contributed by atoms with Crippen molar-refractivity contribution in [2.75, 3.05) is 13.2 Å². The van der Waals surface area contributed by atoms with Gasteiger partial charge >= 0.3 is 0 Å². The number of benzene rings is 1. The van der Waals surface area contributed by atoms with E-state index in [1.807, 2.05) is 6.07 Å². The second-order valence-electron chi connectivity index (χ2n) is 3.57. The Bertz CT molecular complexity index is 265. The molecule has 2 atom stereocenters. The number of morpholine rings is 1. The highest BCUT2D eigenvalue weighted by Gasteiger charge is 2.18. The number of nitrogens with one attached hydrogen (secondary N) is 1. The molecule has 0 aliphatic carbocycles. The molecule has 3 heteroatoms. The van der Waals surface area contributed by atoms with Gasteiger partial charge in [-0.05, 0) is 12.5 Å². The average Bonchev–Trinajstić information content (AvgIpc) is 2.19. The molecular formula is C11H16ClNO. The van der Waals surface area contributed by atoms with Gasteiger partial charge in [-0.2, -0.15) is 0 Å². The highest BCUT2D eigenvalue weighted by molar-refractivity contribution is 5.85. The van der Waals surface area contributed by atoms with Crippen LogP contribution in [-0.4, -0.2) is 19.3 Å². The van der Waals surface area contributed by atoms with Crippen LogP contribution in [0, 0.1) is 0 Å². The molecule has 0 saturated carbocycles. The standard InChI is InChI=1S/C11H15NO.ClH/c1-9-7-13-8-11(12-9)10-5-3-2-4-6-10;/h2-6,9,11-12H,7-8H2,1H3;1H/t9-,11-;/m0./s1. The van der Waals surface area contributed by atoms with E-state index in [1.54, 1.807) is 0 Å². The van der Waals surface area contributed by atoms with E-state index in [2.05, 4.69) is 36.5 Å². The first-order valence-electron chi connectivity index (χ1n) is 4.75. The molecule has 1 aromatic carbocycles. The number of hydrogen-bond donors (Lipinski definition) is 1. The summed E-state index contributed by atoms with van der Waals surface area (Å²) in [6.07, 6.45) is 0. The molecule has 78 valence electrons. The van der Waals surface area contributed by atoms with E-state index in [0.717, 1.165) is 13.2 Å². The average molecular weight is 214 g/mol. The summed E-state index contributed by atoms with van der Waals surface area (Å²) in [5.74, 6) is 0. The minimum Gasteiger partial charge on any atom is -0.378 e. The zero-order valence-corrected chi connectivity index (χ0v) is 9.09. The molecule has 1 saturated heterocycles. The Morgan fingerprint density at radius 2 is 1.93 bits per heavy atom. The van der Waals surface area contributed by atoms with Gasteiger partial charge in [0.25, 0.3) is 0 Å². The van der Waals surface area contributed by atoms with Gasteiger partial charge in [0.2, 0.25) is 0 Å². The van der Waals surface area contributed by atoms with E-state index < -0.39 is 0 Å².